The molecule has 0 heterocycles. The summed E-state index contributed by atoms with van der Waals surface area (Å²) in [6.07, 6.45) is 1.43. The van der Waals surface area contributed by atoms with E-state index >= 15 is 0 Å². The molecule has 1 N–H and O–H groups in total. The third-order valence-corrected chi connectivity index (χ3v) is 6.22. The molecule has 4 aromatic carbocycles. The molecule has 0 aromatic heterocycles. The molecule has 0 bridgehead atoms. The first-order valence-electron chi connectivity index (χ1n) is 12.4. The average Bonchev–Trinajstić information content (AvgIpc) is 2.93. The van der Waals surface area contributed by atoms with Crippen LogP contribution in [-0.4, -0.2) is 29.3 Å². The molecule has 0 saturated carbocycles. The van der Waals surface area contributed by atoms with Crippen LogP contribution in [0.5, 0.6) is 0 Å². The fraction of sp³-hybridized carbons (Fsp3) is 0.188. The van der Waals surface area contributed by atoms with Crippen LogP contribution in [0, 0.1) is 0 Å². The van der Waals surface area contributed by atoms with Crippen molar-refractivity contribution in [2.75, 3.05) is 6.54 Å². The van der Waals surface area contributed by atoms with E-state index in [1.54, 1.807) is 4.90 Å². The van der Waals surface area contributed by atoms with Gasteiger partial charge in [-0.3, -0.25) is 9.59 Å². The van der Waals surface area contributed by atoms with E-state index in [2.05, 4.69) is 17.4 Å². The Bertz CT molecular complexity index is 1210. The monoisotopic (exact) mass is 476 g/mol. The van der Waals surface area contributed by atoms with E-state index in [0.29, 0.717) is 19.5 Å². The van der Waals surface area contributed by atoms with Crippen molar-refractivity contribution in [3.05, 3.63) is 144 Å². The lowest BCUT2D eigenvalue weighted by molar-refractivity contribution is -0.140. The molecule has 0 aliphatic rings. The summed E-state index contributed by atoms with van der Waals surface area (Å²) in [5.74, 6) is -0.198. The van der Waals surface area contributed by atoms with Crippen molar-refractivity contribution in [2.24, 2.45) is 0 Å². The van der Waals surface area contributed by atoms with E-state index in [1.807, 2.05) is 109 Å². The second-order valence-corrected chi connectivity index (χ2v) is 8.90. The van der Waals surface area contributed by atoms with Crippen molar-refractivity contribution >= 4 is 11.8 Å². The van der Waals surface area contributed by atoms with Crippen molar-refractivity contribution < 1.29 is 9.59 Å². The molecule has 4 aromatic rings. The molecule has 182 valence electrons. The number of amides is 2. The van der Waals surface area contributed by atoms with Gasteiger partial charge in [0.1, 0.15) is 6.04 Å². The summed E-state index contributed by atoms with van der Waals surface area (Å²) in [4.78, 5) is 29.1. The number of nitrogens with one attached hydrogen (secondary N) is 1. The fourth-order valence-electron chi connectivity index (χ4n) is 4.30. The molecular formula is C32H32N2O2. The van der Waals surface area contributed by atoms with Gasteiger partial charge in [-0.25, -0.2) is 0 Å². The predicted molar refractivity (Wildman–Crippen MR) is 144 cm³/mol. The number of benzene rings is 4. The molecule has 0 saturated heterocycles. The van der Waals surface area contributed by atoms with Gasteiger partial charge in [-0.05, 0) is 28.7 Å². The van der Waals surface area contributed by atoms with Gasteiger partial charge in [0.2, 0.25) is 11.8 Å². The second-order valence-electron chi connectivity index (χ2n) is 8.90. The third-order valence-electron chi connectivity index (χ3n) is 6.22. The first-order chi connectivity index (χ1) is 17.7. The zero-order valence-corrected chi connectivity index (χ0v) is 20.4. The van der Waals surface area contributed by atoms with Crippen molar-refractivity contribution in [3.63, 3.8) is 0 Å². The molecule has 0 unspecified atom stereocenters. The van der Waals surface area contributed by atoms with Crippen molar-refractivity contribution in [1.29, 1.82) is 0 Å². The summed E-state index contributed by atoms with van der Waals surface area (Å²) in [6.45, 7) is 0.885. The van der Waals surface area contributed by atoms with Crippen LogP contribution in [0.3, 0.4) is 0 Å². The van der Waals surface area contributed by atoms with Crippen molar-refractivity contribution in [3.8, 4) is 0 Å². The summed E-state index contributed by atoms with van der Waals surface area (Å²) >= 11 is 0. The van der Waals surface area contributed by atoms with E-state index in [9.17, 15) is 9.59 Å². The van der Waals surface area contributed by atoms with Gasteiger partial charge in [-0.15, -0.1) is 0 Å². The summed E-state index contributed by atoms with van der Waals surface area (Å²) in [7, 11) is 0. The molecule has 36 heavy (non-hydrogen) atoms. The number of hydrogen-bond acceptors (Lipinski definition) is 2. The molecule has 4 heteroatoms. The van der Waals surface area contributed by atoms with Gasteiger partial charge in [-0.1, -0.05) is 121 Å². The standard InChI is InChI=1S/C32H32N2O2/c35-31(24-28-17-9-3-10-18-28)34(25-29-19-11-4-12-20-29)30(23-27-15-7-2-8-16-27)32(36)33-22-21-26-13-5-1-6-14-26/h1-20,30H,21-25H2,(H,33,36)/t30-/m1/s1. The number of rotatable bonds is 11. The Morgan fingerprint density at radius 1 is 0.611 bits per heavy atom. The average molecular weight is 477 g/mol. The van der Waals surface area contributed by atoms with Crippen LogP contribution in [0.4, 0.5) is 0 Å². The Kier molecular flexibility index (Phi) is 9.04. The molecule has 1 atom stereocenters. The maximum absolute atomic E-state index is 13.7. The van der Waals surface area contributed by atoms with Crippen LogP contribution < -0.4 is 5.32 Å². The Morgan fingerprint density at radius 3 is 1.64 bits per heavy atom. The quantitative estimate of drug-likeness (QED) is 0.322. The summed E-state index contributed by atoms with van der Waals surface area (Å²) < 4.78 is 0. The number of carbonyl (C=O) groups excluding carboxylic acids is 2. The van der Waals surface area contributed by atoms with Crippen LogP contribution in [0.1, 0.15) is 22.3 Å². The van der Waals surface area contributed by atoms with Gasteiger partial charge in [0.05, 0.1) is 6.42 Å². The normalized spacial score (nSPS) is 11.4. The SMILES string of the molecule is O=C(NCCc1ccccc1)[C@@H](Cc1ccccc1)N(Cc1ccccc1)C(=O)Cc1ccccc1. The zero-order valence-electron chi connectivity index (χ0n) is 20.4. The number of hydrogen-bond donors (Lipinski definition) is 1. The predicted octanol–water partition coefficient (Wildman–Crippen LogP) is 5.23. The Morgan fingerprint density at radius 2 is 1.08 bits per heavy atom. The molecule has 0 aliphatic heterocycles. The van der Waals surface area contributed by atoms with Gasteiger partial charge < -0.3 is 10.2 Å². The molecule has 0 aliphatic carbocycles. The van der Waals surface area contributed by atoms with E-state index in [1.165, 1.54) is 5.56 Å². The molecule has 0 spiro atoms. The Balaban J connectivity index is 1.58. The van der Waals surface area contributed by atoms with Gasteiger partial charge in [0.25, 0.3) is 0 Å². The molecule has 0 radical (unpaired) electrons. The molecule has 4 nitrogen and oxygen atoms in total. The summed E-state index contributed by atoms with van der Waals surface area (Å²) in [5, 5.41) is 3.10. The molecule has 4 rings (SSSR count). The Labute approximate surface area is 213 Å². The van der Waals surface area contributed by atoms with E-state index in [0.717, 1.165) is 23.1 Å². The molecule has 0 fully saturated rings. The van der Waals surface area contributed by atoms with Crippen LogP contribution in [0.2, 0.25) is 0 Å². The van der Waals surface area contributed by atoms with E-state index < -0.39 is 6.04 Å². The lowest BCUT2D eigenvalue weighted by Crippen LogP contribution is -2.51. The first kappa shape index (κ1) is 24.9. The van der Waals surface area contributed by atoms with Crippen LogP contribution >= 0.6 is 0 Å². The first-order valence-corrected chi connectivity index (χ1v) is 12.4. The van der Waals surface area contributed by atoms with E-state index in [4.69, 9.17) is 0 Å². The van der Waals surface area contributed by atoms with E-state index in [-0.39, 0.29) is 18.2 Å². The maximum Gasteiger partial charge on any atom is 0.243 e. The largest absolute Gasteiger partial charge is 0.354 e. The number of nitrogens with zero attached hydrogens (tertiary/aromatic N) is 1. The highest BCUT2D eigenvalue weighted by Gasteiger charge is 2.30. The molecule has 2 amide bonds. The topological polar surface area (TPSA) is 49.4 Å². The lowest BCUT2D eigenvalue weighted by atomic mass is 10.0. The highest BCUT2D eigenvalue weighted by atomic mass is 16.2. The maximum atomic E-state index is 13.7. The smallest absolute Gasteiger partial charge is 0.243 e. The van der Waals surface area contributed by atoms with Gasteiger partial charge in [0, 0.05) is 19.5 Å². The van der Waals surface area contributed by atoms with Gasteiger partial charge in [0.15, 0.2) is 0 Å². The minimum atomic E-state index is -0.625. The Hall–Kier alpha value is -4.18. The van der Waals surface area contributed by atoms with Crippen molar-refractivity contribution in [2.45, 2.75) is 31.8 Å². The number of carbonyl (C=O) groups is 2. The van der Waals surface area contributed by atoms with Crippen LogP contribution in [0.25, 0.3) is 0 Å². The fourth-order valence-corrected chi connectivity index (χ4v) is 4.30. The highest BCUT2D eigenvalue weighted by molar-refractivity contribution is 5.88. The third kappa shape index (κ3) is 7.41. The summed E-state index contributed by atoms with van der Waals surface area (Å²) in [5.41, 5.74) is 4.11. The minimum absolute atomic E-state index is 0.0656. The van der Waals surface area contributed by atoms with Crippen LogP contribution in [0.15, 0.2) is 121 Å². The highest BCUT2D eigenvalue weighted by Crippen LogP contribution is 2.16. The second kappa shape index (κ2) is 13.1. The lowest BCUT2D eigenvalue weighted by Gasteiger charge is -2.31. The zero-order chi connectivity index (χ0) is 25.0. The van der Waals surface area contributed by atoms with Crippen molar-refractivity contribution in [1.82, 2.24) is 10.2 Å². The minimum Gasteiger partial charge on any atom is -0.354 e. The molecular weight excluding hydrogens is 444 g/mol. The van der Waals surface area contributed by atoms with Gasteiger partial charge in [-0.2, -0.15) is 0 Å². The van der Waals surface area contributed by atoms with Crippen LogP contribution in [-0.2, 0) is 35.4 Å². The van der Waals surface area contributed by atoms with Gasteiger partial charge >= 0.3 is 0 Å². The summed E-state index contributed by atoms with van der Waals surface area (Å²) in [6, 6.07) is 38.9.